The van der Waals surface area contributed by atoms with Crippen molar-refractivity contribution in [2.24, 2.45) is 0 Å². The molecule has 1 amide bonds. The smallest absolute Gasteiger partial charge is 0.255 e. The zero-order valence-corrected chi connectivity index (χ0v) is 35.9. The molecule has 20 heteroatoms. The number of hydrogen-bond donors (Lipinski definition) is 2. The maximum absolute atomic E-state index is 16.1. The van der Waals surface area contributed by atoms with Crippen molar-refractivity contribution in [1.82, 2.24) is 34.8 Å². The summed E-state index contributed by atoms with van der Waals surface area (Å²) in [7, 11) is 1.62. The molecule has 3 atom stereocenters. The number of amides is 1. The van der Waals surface area contributed by atoms with Crippen molar-refractivity contribution in [3.05, 3.63) is 33.8 Å². The number of anilines is 4. The molecule has 2 N–H and O–H groups in total. The molecule has 4 aromatic heterocycles. The molecule has 60 heavy (non-hydrogen) atoms. The summed E-state index contributed by atoms with van der Waals surface area (Å²) in [6, 6.07) is 3.13. The van der Waals surface area contributed by atoms with Crippen LogP contribution < -0.4 is 20.4 Å². The third kappa shape index (κ3) is 9.76. The van der Waals surface area contributed by atoms with Crippen LogP contribution in [0.4, 0.5) is 40.8 Å². The van der Waals surface area contributed by atoms with E-state index in [-0.39, 0.29) is 62.0 Å². The van der Waals surface area contributed by atoms with E-state index >= 15 is 8.78 Å². The van der Waals surface area contributed by atoms with Crippen molar-refractivity contribution < 1.29 is 31.8 Å². The number of aryl methyl sites for hydroxylation is 2. The lowest BCUT2D eigenvalue weighted by atomic mass is 9.81. The summed E-state index contributed by atoms with van der Waals surface area (Å²) in [4.78, 5) is 47.2. The van der Waals surface area contributed by atoms with Crippen LogP contribution in [0.5, 0.6) is 0 Å². The van der Waals surface area contributed by atoms with E-state index in [1.165, 1.54) is 22.7 Å². The molecule has 2 unspecified atom stereocenters. The molecule has 8 rings (SSSR count). The lowest BCUT2D eigenvalue weighted by Gasteiger charge is -2.37. The lowest BCUT2D eigenvalue weighted by Crippen LogP contribution is -2.48. The maximum Gasteiger partial charge on any atom is 0.255 e. The second kappa shape index (κ2) is 17.6. The van der Waals surface area contributed by atoms with Crippen LogP contribution in [0.3, 0.4) is 0 Å². The highest BCUT2D eigenvalue weighted by molar-refractivity contribution is 7.15. The van der Waals surface area contributed by atoms with E-state index in [2.05, 4.69) is 25.4 Å². The standard InChI is InChI=1S/C40H51F4N11O3S2/c1-23-22-59-37(45-23)35-49-31(18-32(51-35)54-13-11-53(12-14-54)25(3)56)48-27-7-10-40(43,44)29(17-27)34-24(2)46-38(60-34)36-50-30(47-26-5-8-39(41,42)9-6-26)19-33(52-36)55-15-16-58-28(20-55)21-57-4/h18-19,22,26-29H,5-17,20-21H2,1-4H3,(H,47,50,52)(H,48,49,51)/t27?,28-,29?/m0/s1. The van der Waals surface area contributed by atoms with Gasteiger partial charge >= 0.3 is 0 Å². The Morgan fingerprint density at radius 1 is 0.850 bits per heavy atom. The van der Waals surface area contributed by atoms with Crippen molar-refractivity contribution in [3.8, 4) is 21.7 Å². The number of nitrogens with one attached hydrogen (secondary N) is 2. The predicted molar refractivity (Wildman–Crippen MR) is 224 cm³/mol. The largest absolute Gasteiger partial charge is 0.382 e. The maximum atomic E-state index is 16.1. The number of rotatable bonds is 11. The second-order valence-corrected chi connectivity index (χ2v) is 18.1. The van der Waals surface area contributed by atoms with Gasteiger partial charge in [0.25, 0.3) is 5.92 Å². The second-order valence-electron chi connectivity index (χ2n) is 16.2. The average molecular weight is 874 g/mol. The van der Waals surface area contributed by atoms with Crippen molar-refractivity contribution in [3.63, 3.8) is 0 Å². The quantitative estimate of drug-likeness (QED) is 0.149. The van der Waals surface area contributed by atoms with Gasteiger partial charge in [0.1, 0.15) is 23.3 Å². The highest BCUT2D eigenvalue weighted by atomic mass is 32.1. The molecule has 4 aliphatic rings. The summed E-state index contributed by atoms with van der Waals surface area (Å²) in [6.45, 7) is 9.50. The van der Waals surface area contributed by atoms with Gasteiger partial charge < -0.3 is 34.8 Å². The Labute approximate surface area is 354 Å². The first-order valence-electron chi connectivity index (χ1n) is 20.5. The molecule has 14 nitrogen and oxygen atoms in total. The summed E-state index contributed by atoms with van der Waals surface area (Å²) in [5, 5.41) is 9.86. The number of ether oxygens (including phenoxy) is 2. The van der Waals surface area contributed by atoms with Gasteiger partial charge in [0.05, 0.1) is 30.9 Å². The number of methoxy groups -OCH3 is 1. The molecule has 0 spiro atoms. The molecule has 4 fully saturated rings. The molecular weight excluding hydrogens is 823 g/mol. The van der Waals surface area contributed by atoms with E-state index in [1.807, 2.05) is 29.3 Å². The zero-order valence-electron chi connectivity index (χ0n) is 34.2. The third-order valence-electron chi connectivity index (χ3n) is 11.7. The van der Waals surface area contributed by atoms with Gasteiger partial charge in [0.15, 0.2) is 21.7 Å². The van der Waals surface area contributed by atoms with Crippen LogP contribution in [-0.2, 0) is 14.3 Å². The minimum absolute atomic E-state index is 0.0317. The van der Waals surface area contributed by atoms with Crippen molar-refractivity contribution in [2.45, 2.75) is 102 Å². The summed E-state index contributed by atoms with van der Waals surface area (Å²) in [5.41, 5.74) is 1.34. The number of aromatic nitrogens is 6. The average Bonchev–Trinajstić information content (AvgIpc) is 3.84. The van der Waals surface area contributed by atoms with E-state index in [9.17, 15) is 13.6 Å². The topological polar surface area (TPSA) is 147 Å². The number of thiazole rings is 2. The Bertz CT molecular complexity index is 2140. The zero-order chi connectivity index (χ0) is 42.2. The first-order valence-corrected chi connectivity index (χ1v) is 22.2. The number of halogens is 4. The van der Waals surface area contributed by atoms with Crippen LogP contribution in [0.2, 0.25) is 0 Å². The van der Waals surface area contributed by atoms with E-state index in [1.54, 1.807) is 21.0 Å². The predicted octanol–water partition coefficient (Wildman–Crippen LogP) is 7.02. The van der Waals surface area contributed by atoms with E-state index in [0.29, 0.717) is 115 Å². The summed E-state index contributed by atoms with van der Waals surface area (Å²) in [5.74, 6) is -3.76. The molecular formula is C40H51F4N11O3S2. The highest BCUT2D eigenvalue weighted by Gasteiger charge is 2.47. The minimum atomic E-state index is -2.99. The van der Waals surface area contributed by atoms with Gasteiger partial charge in [-0.3, -0.25) is 4.79 Å². The van der Waals surface area contributed by atoms with Crippen LogP contribution in [-0.4, -0.2) is 130 Å². The van der Waals surface area contributed by atoms with Gasteiger partial charge in [0, 0.05) is 113 Å². The number of carbonyl (C=O) groups excluding carboxylic acids is 1. The number of hydrogen-bond acceptors (Lipinski definition) is 15. The van der Waals surface area contributed by atoms with Crippen molar-refractivity contribution in [2.75, 3.05) is 80.0 Å². The SMILES string of the molecule is COC[C@@H]1CN(c2cc(NC3CCC(F)(F)CC3)nc(-c3nc(C)c(C4CC(Nc5cc(N6CCN(C(C)=O)CC6)nc(-c6nc(C)cs6)n5)CCC4(F)F)s3)n2)CCO1. The van der Waals surface area contributed by atoms with Gasteiger partial charge in [-0.25, -0.2) is 47.5 Å². The molecule has 324 valence electrons. The Morgan fingerprint density at radius 2 is 1.50 bits per heavy atom. The van der Waals surface area contributed by atoms with Crippen LogP contribution in [0, 0.1) is 13.8 Å². The fraction of sp³-hybridized carbons (Fsp3) is 0.625. The summed E-state index contributed by atoms with van der Waals surface area (Å²) in [6.07, 6.45) is 0.0319. The van der Waals surface area contributed by atoms with Crippen LogP contribution in [0.25, 0.3) is 21.7 Å². The van der Waals surface area contributed by atoms with Gasteiger partial charge in [-0.15, -0.1) is 22.7 Å². The van der Waals surface area contributed by atoms with Gasteiger partial charge in [0.2, 0.25) is 11.8 Å². The number of piperazine rings is 1. The molecule has 0 radical (unpaired) electrons. The first-order chi connectivity index (χ1) is 28.7. The van der Waals surface area contributed by atoms with E-state index in [4.69, 9.17) is 34.4 Å². The fourth-order valence-electron chi connectivity index (χ4n) is 8.43. The first kappa shape index (κ1) is 42.4. The Hall–Kier alpha value is -4.27. The van der Waals surface area contributed by atoms with E-state index < -0.39 is 17.8 Å². The van der Waals surface area contributed by atoms with E-state index in [0.717, 1.165) is 5.69 Å². The van der Waals surface area contributed by atoms with Gasteiger partial charge in [-0.2, -0.15) is 0 Å². The molecule has 4 aromatic rings. The fourth-order valence-corrected chi connectivity index (χ4v) is 10.3. The van der Waals surface area contributed by atoms with Gasteiger partial charge in [-0.05, 0) is 39.5 Å². The van der Waals surface area contributed by atoms with Crippen molar-refractivity contribution in [1.29, 1.82) is 0 Å². The molecule has 0 aromatic carbocycles. The molecule has 2 aliphatic carbocycles. The van der Waals surface area contributed by atoms with Crippen LogP contribution >= 0.6 is 22.7 Å². The number of carbonyl (C=O) groups is 1. The number of morpholine rings is 1. The monoisotopic (exact) mass is 873 g/mol. The third-order valence-corrected chi connectivity index (χ3v) is 13.9. The number of alkyl halides is 4. The molecule has 0 bridgehead atoms. The Morgan fingerprint density at radius 3 is 2.15 bits per heavy atom. The summed E-state index contributed by atoms with van der Waals surface area (Å²) >= 11 is 2.61. The van der Waals surface area contributed by atoms with Crippen molar-refractivity contribution >= 4 is 51.9 Å². The van der Waals surface area contributed by atoms with Crippen LogP contribution in [0.15, 0.2) is 17.5 Å². The normalized spacial score (nSPS) is 23.5. The molecule has 2 saturated heterocycles. The van der Waals surface area contributed by atoms with Gasteiger partial charge in [-0.1, -0.05) is 0 Å². The summed E-state index contributed by atoms with van der Waals surface area (Å²) < 4.78 is 71.4. The minimum Gasteiger partial charge on any atom is -0.382 e. The molecule has 2 aliphatic heterocycles. The Kier molecular flexibility index (Phi) is 12.4. The lowest BCUT2D eigenvalue weighted by molar-refractivity contribution is -0.129. The van der Waals surface area contributed by atoms with Crippen LogP contribution in [0.1, 0.15) is 74.1 Å². The highest BCUT2D eigenvalue weighted by Crippen LogP contribution is 2.49. The molecule has 2 saturated carbocycles. The molecule has 6 heterocycles. The number of nitrogens with zero attached hydrogens (tertiary/aromatic N) is 9. The Balaban J connectivity index is 1.05.